The number of benzene rings is 2. The lowest BCUT2D eigenvalue weighted by Crippen LogP contribution is -2.48. The Morgan fingerprint density at radius 3 is 2.64 bits per heavy atom. The summed E-state index contributed by atoms with van der Waals surface area (Å²) in [5.41, 5.74) is 5.57. The molecule has 8 heteroatoms. The second-order valence-corrected chi connectivity index (χ2v) is 12.6. The number of anilines is 1. The lowest BCUT2D eigenvalue weighted by Gasteiger charge is -2.41. The van der Waals surface area contributed by atoms with Crippen LogP contribution in [-0.2, 0) is 22.4 Å². The zero-order valence-corrected chi connectivity index (χ0v) is 25.0. The Morgan fingerprint density at radius 2 is 1.81 bits per heavy atom. The zero-order valence-electron chi connectivity index (χ0n) is 24.2. The number of fused-ring (bicyclic) bond motifs is 2. The van der Waals surface area contributed by atoms with Gasteiger partial charge in [-0.25, -0.2) is 4.98 Å². The Bertz CT molecular complexity index is 1560. The number of piperidine rings is 1. The minimum absolute atomic E-state index is 0.0513. The van der Waals surface area contributed by atoms with E-state index in [1.165, 1.54) is 21.2 Å². The lowest BCUT2D eigenvalue weighted by molar-refractivity contribution is -0.0837. The number of thiophene rings is 1. The second kappa shape index (κ2) is 12.1. The van der Waals surface area contributed by atoms with Crippen molar-refractivity contribution in [3.8, 4) is 11.3 Å². The highest BCUT2D eigenvalue weighted by Gasteiger charge is 2.31. The highest BCUT2D eigenvalue weighted by molar-refractivity contribution is 7.17. The Hall–Kier alpha value is -3.30. The maximum absolute atomic E-state index is 14.1. The van der Waals surface area contributed by atoms with Gasteiger partial charge in [0.25, 0.3) is 5.91 Å². The van der Waals surface area contributed by atoms with Crippen LogP contribution in [0.15, 0.2) is 66.0 Å². The number of carbonyl (C=O) groups is 1. The van der Waals surface area contributed by atoms with E-state index in [1.807, 2.05) is 24.1 Å². The molecule has 0 saturated carbocycles. The Labute approximate surface area is 251 Å². The maximum Gasteiger partial charge on any atom is 0.257 e. The van der Waals surface area contributed by atoms with E-state index in [0.29, 0.717) is 43.8 Å². The van der Waals surface area contributed by atoms with E-state index in [4.69, 9.17) is 14.5 Å². The molecule has 0 spiro atoms. The van der Waals surface area contributed by atoms with Gasteiger partial charge in [0.1, 0.15) is 5.82 Å². The summed E-state index contributed by atoms with van der Waals surface area (Å²) in [4.78, 5) is 25.9. The molecule has 7 rings (SSSR count). The van der Waals surface area contributed by atoms with Crippen molar-refractivity contribution in [3.63, 3.8) is 0 Å². The van der Waals surface area contributed by atoms with E-state index in [2.05, 4.69) is 63.7 Å². The van der Waals surface area contributed by atoms with Gasteiger partial charge in [-0.05, 0) is 48.6 Å². The molecule has 218 valence electrons. The van der Waals surface area contributed by atoms with Crippen LogP contribution in [-0.4, -0.2) is 85.9 Å². The smallest absolute Gasteiger partial charge is 0.257 e. The lowest BCUT2D eigenvalue weighted by atomic mass is 9.95. The number of hydrogen-bond donors (Lipinski definition) is 0. The minimum atomic E-state index is -0.0513. The number of rotatable bonds is 6. The summed E-state index contributed by atoms with van der Waals surface area (Å²) in [6.07, 6.45) is 3.06. The molecule has 3 aliphatic heterocycles. The molecule has 1 unspecified atom stereocenters. The fraction of sp³-hybridized carbons (Fsp3) is 0.412. The molecular weight excluding hydrogens is 544 g/mol. The van der Waals surface area contributed by atoms with E-state index >= 15 is 0 Å². The van der Waals surface area contributed by atoms with Crippen molar-refractivity contribution in [1.82, 2.24) is 14.8 Å². The quantitative estimate of drug-likeness (QED) is 0.300. The van der Waals surface area contributed by atoms with Crippen LogP contribution in [0, 0.1) is 0 Å². The van der Waals surface area contributed by atoms with E-state index in [9.17, 15) is 4.79 Å². The molecule has 5 heterocycles. The normalized spacial score (nSPS) is 20.0. The first-order valence-corrected chi connectivity index (χ1v) is 16.0. The fourth-order valence-corrected chi connectivity index (χ4v) is 7.65. The summed E-state index contributed by atoms with van der Waals surface area (Å²) < 4.78 is 12.8. The summed E-state index contributed by atoms with van der Waals surface area (Å²) in [6, 6.07) is 21.7. The van der Waals surface area contributed by atoms with Gasteiger partial charge in [-0.15, -0.1) is 11.3 Å². The molecule has 1 atom stereocenters. The molecular formula is C34H38N4O3S. The van der Waals surface area contributed by atoms with Crippen LogP contribution >= 0.6 is 11.3 Å². The molecule has 0 aliphatic carbocycles. The predicted octanol–water partition coefficient (Wildman–Crippen LogP) is 5.48. The number of likely N-dealkylation sites (N-methyl/N-ethyl adjacent to an activating group) is 1. The zero-order chi connectivity index (χ0) is 28.5. The van der Waals surface area contributed by atoms with Gasteiger partial charge in [0.05, 0.1) is 37.2 Å². The molecule has 2 fully saturated rings. The van der Waals surface area contributed by atoms with Gasteiger partial charge < -0.3 is 19.3 Å². The Morgan fingerprint density at radius 1 is 1.00 bits per heavy atom. The maximum atomic E-state index is 14.1. The van der Waals surface area contributed by atoms with Crippen LogP contribution in [0.25, 0.3) is 21.3 Å². The van der Waals surface area contributed by atoms with Gasteiger partial charge in [0, 0.05) is 66.8 Å². The molecule has 0 radical (unpaired) electrons. The van der Waals surface area contributed by atoms with Crippen LogP contribution < -0.4 is 4.90 Å². The van der Waals surface area contributed by atoms with Crippen LogP contribution in [0.3, 0.4) is 0 Å². The van der Waals surface area contributed by atoms with E-state index in [-0.39, 0.29) is 12.0 Å². The van der Waals surface area contributed by atoms with Crippen LogP contribution in [0.5, 0.6) is 0 Å². The number of ether oxygens (including phenoxy) is 2. The van der Waals surface area contributed by atoms with Gasteiger partial charge in [-0.3, -0.25) is 9.69 Å². The number of aromatic nitrogens is 1. The molecule has 1 amide bonds. The number of amides is 1. The van der Waals surface area contributed by atoms with Gasteiger partial charge in [-0.1, -0.05) is 42.5 Å². The highest BCUT2D eigenvalue weighted by atomic mass is 32.1. The average molecular weight is 583 g/mol. The molecule has 2 saturated heterocycles. The van der Waals surface area contributed by atoms with Crippen molar-refractivity contribution in [2.45, 2.75) is 38.0 Å². The summed E-state index contributed by atoms with van der Waals surface area (Å²) in [7, 11) is 2.01. The molecule has 42 heavy (non-hydrogen) atoms. The van der Waals surface area contributed by atoms with Crippen LogP contribution in [0.4, 0.5) is 5.82 Å². The monoisotopic (exact) mass is 582 g/mol. The number of pyridine rings is 1. The molecule has 2 aromatic carbocycles. The third-order valence-electron chi connectivity index (χ3n) is 9.01. The van der Waals surface area contributed by atoms with Gasteiger partial charge in [0.15, 0.2) is 0 Å². The summed E-state index contributed by atoms with van der Waals surface area (Å²) in [6.45, 7) is 6.03. The van der Waals surface area contributed by atoms with Crippen molar-refractivity contribution in [2.24, 2.45) is 0 Å². The van der Waals surface area contributed by atoms with Gasteiger partial charge in [-0.2, -0.15) is 0 Å². The molecule has 2 aromatic heterocycles. The van der Waals surface area contributed by atoms with Crippen LogP contribution in [0.1, 0.15) is 34.3 Å². The largest absolute Gasteiger partial charge is 0.376 e. The Kier molecular flexibility index (Phi) is 7.95. The highest BCUT2D eigenvalue weighted by Crippen LogP contribution is 2.35. The third-order valence-corrected chi connectivity index (χ3v) is 9.98. The summed E-state index contributed by atoms with van der Waals surface area (Å²) >= 11 is 1.72. The summed E-state index contributed by atoms with van der Waals surface area (Å²) in [5.74, 6) is 0.769. The fourth-order valence-electron chi connectivity index (χ4n) is 6.70. The topological polar surface area (TPSA) is 58.1 Å². The van der Waals surface area contributed by atoms with E-state index in [1.54, 1.807) is 11.3 Å². The number of carbonyl (C=O) groups excluding carboxylic acids is 1. The van der Waals surface area contributed by atoms with Gasteiger partial charge in [0.2, 0.25) is 0 Å². The van der Waals surface area contributed by atoms with Crippen molar-refractivity contribution >= 4 is 33.1 Å². The van der Waals surface area contributed by atoms with Crippen molar-refractivity contribution in [2.75, 3.05) is 57.9 Å². The molecule has 3 aliphatic rings. The SMILES string of the molecule is CN(CC1COCCO1)c1nc(-c2csc3ccccc23)ccc1C(=O)N1CCC(N2CCc3ccccc3C2)CC1. The number of likely N-dealkylation sites (tertiary alicyclic amines) is 1. The molecule has 0 N–H and O–H groups in total. The van der Waals surface area contributed by atoms with Crippen LogP contribution in [0.2, 0.25) is 0 Å². The standard InChI is InChI=1S/C34H38N4O3S/c1-36(21-27-22-40-18-19-41-27)33-29(10-11-31(35-33)30-23-42-32-9-5-4-8-28(30)32)34(39)37-16-13-26(14-17-37)38-15-12-24-6-2-3-7-25(24)20-38/h2-11,23,26-27H,12-22H2,1H3. The van der Waals surface area contributed by atoms with Crippen molar-refractivity contribution in [1.29, 1.82) is 0 Å². The van der Waals surface area contributed by atoms with Crippen molar-refractivity contribution in [3.05, 3.63) is 82.7 Å². The Balaban J connectivity index is 1.11. The molecule has 4 aromatic rings. The average Bonchev–Trinajstić information content (AvgIpc) is 3.49. The molecule has 7 nitrogen and oxygen atoms in total. The van der Waals surface area contributed by atoms with Gasteiger partial charge >= 0.3 is 0 Å². The first kappa shape index (κ1) is 27.5. The molecule has 0 bridgehead atoms. The van der Waals surface area contributed by atoms with Crippen molar-refractivity contribution < 1.29 is 14.3 Å². The number of nitrogens with zero attached hydrogens (tertiary/aromatic N) is 4. The first-order valence-electron chi connectivity index (χ1n) is 15.1. The second-order valence-electron chi connectivity index (χ2n) is 11.7. The first-order chi connectivity index (χ1) is 20.6. The third kappa shape index (κ3) is 5.56. The number of hydrogen-bond acceptors (Lipinski definition) is 7. The van der Waals surface area contributed by atoms with E-state index in [0.717, 1.165) is 56.7 Å². The van der Waals surface area contributed by atoms with E-state index < -0.39 is 0 Å². The predicted molar refractivity (Wildman–Crippen MR) is 168 cm³/mol. The minimum Gasteiger partial charge on any atom is -0.376 e. The summed E-state index contributed by atoms with van der Waals surface area (Å²) in [5, 5.41) is 3.36.